The molecule has 1 atom stereocenters. The number of halogens is 1. The molecule has 132 valence electrons. The summed E-state index contributed by atoms with van der Waals surface area (Å²) in [4.78, 5) is 12.3. The van der Waals surface area contributed by atoms with Gasteiger partial charge in [0.05, 0.1) is 4.90 Å². The Bertz CT molecular complexity index is 897. The molecule has 0 aliphatic carbocycles. The molecule has 1 aliphatic heterocycles. The second-order valence-electron chi connectivity index (χ2n) is 5.79. The molecule has 8 heteroatoms. The molecule has 6 nitrogen and oxygen atoms in total. The molecule has 0 bridgehead atoms. The van der Waals surface area contributed by atoms with Crippen molar-refractivity contribution in [3.63, 3.8) is 0 Å². The Balaban J connectivity index is 1.50. The first-order valence-corrected chi connectivity index (χ1v) is 9.60. The zero-order chi connectivity index (χ0) is 18.0. The molecule has 1 aliphatic rings. The van der Waals surface area contributed by atoms with E-state index < -0.39 is 16.1 Å². The monoisotopic (exact) mass is 380 g/mol. The smallest absolute Gasteiger partial charge is 0.261 e. The highest BCUT2D eigenvalue weighted by atomic mass is 35.5. The Hall–Kier alpha value is -2.09. The van der Waals surface area contributed by atoms with Crippen molar-refractivity contribution in [3.8, 4) is 5.75 Å². The van der Waals surface area contributed by atoms with Gasteiger partial charge in [0.2, 0.25) is 10.0 Å². The van der Waals surface area contributed by atoms with Crippen LogP contribution in [0, 0.1) is 0 Å². The minimum atomic E-state index is -3.69. The van der Waals surface area contributed by atoms with Gasteiger partial charge in [0, 0.05) is 18.0 Å². The van der Waals surface area contributed by atoms with Crippen molar-refractivity contribution in [2.45, 2.75) is 23.8 Å². The van der Waals surface area contributed by atoms with Crippen LogP contribution in [-0.4, -0.2) is 27.0 Å². The van der Waals surface area contributed by atoms with E-state index in [0.717, 1.165) is 11.1 Å². The van der Waals surface area contributed by atoms with Crippen molar-refractivity contribution in [1.82, 2.24) is 5.32 Å². The number of sulfonamides is 1. The molecular weight excluding hydrogens is 364 g/mol. The fourth-order valence-corrected chi connectivity index (χ4v) is 3.36. The fourth-order valence-electron chi connectivity index (χ4n) is 2.65. The number of primary sulfonamides is 1. The fraction of sp³-hybridized carbons (Fsp3) is 0.235. The summed E-state index contributed by atoms with van der Waals surface area (Å²) < 4.78 is 28.0. The summed E-state index contributed by atoms with van der Waals surface area (Å²) in [6.07, 6.45) is 0.505. The van der Waals surface area contributed by atoms with Crippen LogP contribution in [0.5, 0.6) is 5.75 Å². The van der Waals surface area contributed by atoms with E-state index in [2.05, 4.69) is 5.32 Å². The van der Waals surface area contributed by atoms with Crippen LogP contribution in [0.4, 0.5) is 0 Å². The number of rotatable bonds is 5. The standard InChI is InChI=1S/C17H17ClN2O4S/c18-13-3-6-15-12(9-13)10-16(24-15)17(21)20-8-7-11-1-4-14(5-2-11)25(19,22)23/h1-6,9,16H,7-8,10H2,(H,20,21)(H2,19,22,23). The lowest BCUT2D eigenvalue weighted by Gasteiger charge is -2.11. The Morgan fingerprint density at radius 1 is 1.24 bits per heavy atom. The van der Waals surface area contributed by atoms with Crippen molar-refractivity contribution in [2.24, 2.45) is 5.14 Å². The van der Waals surface area contributed by atoms with Crippen molar-refractivity contribution in [3.05, 3.63) is 58.6 Å². The van der Waals surface area contributed by atoms with E-state index in [1.54, 1.807) is 30.3 Å². The average Bonchev–Trinajstić information content (AvgIpc) is 2.97. The van der Waals surface area contributed by atoms with E-state index in [1.807, 2.05) is 0 Å². The molecule has 3 rings (SSSR count). The average molecular weight is 381 g/mol. The SMILES string of the molecule is NS(=O)(=O)c1ccc(CCNC(=O)C2Cc3cc(Cl)ccc3O2)cc1. The van der Waals surface area contributed by atoms with E-state index in [0.29, 0.717) is 30.2 Å². The summed E-state index contributed by atoms with van der Waals surface area (Å²) in [5.41, 5.74) is 1.82. The zero-order valence-corrected chi connectivity index (χ0v) is 14.8. The molecule has 0 aromatic heterocycles. The molecule has 3 N–H and O–H groups in total. The predicted molar refractivity (Wildman–Crippen MR) is 94.1 cm³/mol. The molecular formula is C17H17ClN2O4S. The molecule has 0 saturated heterocycles. The predicted octanol–water partition coefficient (Wildman–Crippen LogP) is 1.65. The van der Waals surface area contributed by atoms with Gasteiger partial charge >= 0.3 is 0 Å². The van der Waals surface area contributed by atoms with Crippen molar-refractivity contribution in [2.75, 3.05) is 6.54 Å². The Labute approximate surface area is 151 Å². The number of nitrogens with one attached hydrogen (secondary N) is 1. The van der Waals surface area contributed by atoms with Gasteiger partial charge in [0.15, 0.2) is 6.10 Å². The molecule has 0 radical (unpaired) electrons. The van der Waals surface area contributed by atoms with E-state index in [9.17, 15) is 13.2 Å². The summed E-state index contributed by atoms with van der Waals surface area (Å²) >= 11 is 5.94. The normalized spacial score (nSPS) is 16.2. The molecule has 0 saturated carbocycles. The van der Waals surface area contributed by atoms with E-state index in [-0.39, 0.29) is 10.8 Å². The van der Waals surface area contributed by atoms with Crippen LogP contribution >= 0.6 is 11.6 Å². The number of hydrogen-bond acceptors (Lipinski definition) is 4. The molecule has 0 spiro atoms. The Kier molecular flexibility index (Phi) is 4.99. The maximum atomic E-state index is 12.2. The number of carbonyl (C=O) groups excluding carboxylic acids is 1. The number of amides is 1. The molecule has 0 fully saturated rings. The third kappa shape index (κ3) is 4.31. The number of fused-ring (bicyclic) bond motifs is 1. The van der Waals surface area contributed by atoms with Crippen LogP contribution in [0.3, 0.4) is 0 Å². The lowest BCUT2D eigenvalue weighted by molar-refractivity contribution is -0.127. The first-order chi connectivity index (χ1) is 11.8. The van der Waals surface area contributed by atoms with Gasteiger partial charge in [-0.3, -0.25) is 4.79 Å². The van der Waals surface area contributed by atoms with E-state index in [4.69, 9.17) is 21.5 Å². The third-order valence-electron chi connectivity index (χ3n) is 3.95. The van der Waals surface area contributed by atoms with Crippen molar-refractivity contribution < 1.29 is 17.9 Å². The summed E-state index contributed by atoms with van der Waals surface area (Å²) in [6.45, 7) is 0.421. The van der Waals surface area contributed by atoms with Crippen molar-refractivity contribution >= 4 is 27.5 Å². The third-order valence-corrected chi connectivity index (χ3v) is 5.12. The largest absolute Gasteiger partial charge is 0.480 e. The summed E-state index contributed by atoms with van der Waals surface area (Å²) in [7, 11) is -3.69. The first kappa shape index (κ1) is 17.7. The summed E-state index contributed by atoms with van der Waals surface area (Å²) in [6, 6.07) is 11.5. The van der Waals surface area contributed by atoms with Gasteiger partial charge in [0.1, 0.15) is 5.75 Å². The van der Waals surface area contributed by atoms with Gasteiger partial charge in [0.25, 0.3) is 5.91 Å². The number of hydrogen-bond donors (Lipinski definition) is 2. The molecule has 1 amide bonds. The molecule has 2 aromatic carbocycles. The van der Waals surface area contributed by atoms with E-state index >= 15 is 0 Å². The second kappa shape index (κ2) is 7.03. The lowest BCUT2D eigenvalue weighted by Crippen LogP contribution is -2.38. The molecule has 2 aromatic rings. The second-order valence-corrected chi connectivity index (χ2v) is 7.79. The summed E-state index contributed by atoms with van der Waals surface area (Å²) in [5.74, 6) is 0.497. The highest BCUT2D eigenvalue weighted by molar-refractivity contribution is 7.89. The summed E-state index contributed by atoms with van der Waals surface area (Å²) in [5, 5.41) is 8.50. The molecule has 25 heavy (non-hydrogen) atoms. The maximum absolute atomic E-state index is 12.2. The Morgan fingerprint density at radius 3 is 2.64 bits per heavy atom. The van der Waals surface area contributed by atoms with Gasteiger partial charge in [-0.05, 0) is 47.9 Å². The lowest BCUT2D eigenvalue weighted by atomic mass is 10.1. The molecule has 1 unspecified atom stereocenters. The van der Waals surface area contributed by atoms with Crippen LogP contribution in [0.25, 0.3) is 0 Å². The highest BCUT2D eigenvalue weighted by Crippen LogP contribution is 2.31. The number of ether oxygens (including phenoxy) is 1. The number of benzene rings is 2. The Morgan fingerprint density at radius 2 is 1.96 bits per heavy atom. The highest BCUT2D eigenvalue weighted by Gasteiger charge is 2.28. The van der Waals surface area contributed by atoms with Crippen LogP contribution in [-0.2, 0) is 27.7 Å². The van der Waals surface area contributed by atoms with Crippen LogP contribution in [0.15, 0.2) is 47.4 Å². The van der Waals surface area contributed by atoms with Gasteiger partial charge in [-0.1, -0.05) is 23.7 Å². The number of nitrogens with two attached hydrogens (primary N) is 1. The van der Waals surface area contributed by atoms with Crippen LogP contribution in [0.2, 0.25) is 5.02 Å². The quantitative estimate of drug-likeness (QED) is 0.823. The maximum Gasteiger partial charge on any atom is 0.261 e. The van der Waals surface area contributed by atoms with Crippen LogP contribution in [0.1, 0.15) is 11.1 Å². The van der Waals surface area contributed by atoms with E-state index in [1.165, 1.54) is 12.1 Å². The van der Waals surface area contributed by atoms with Gasteiger partial charge in [-0.15, -0.1) is 0 Å². The molecule has 1 heterocycles. The first-order valence-electron chi connectivity index (χ1n) is 7.67. The van der Waals surface area contributed by atoms with Gasteiger partial charge in [-0.2, -0.15) is 0 Å². The number of carbonyl (C=O) groups is 1. The van der Waals surface area contributed by atoms with Crippen LogP contribution < -0.4 is 15.2 Å². The topological polar surface area (TPSA) is 98.5 Å². The van der Waals surface area contributed by atoms with Gasteiger partial charge < -0.3 is 10.1 Å². The minimum absolute atomic E-state index is 0.0658. The van der Waals surface area contributed by atoms with Crippen molar-refractivity contribution in [1.29, 1.82) is 0 Å². The van der Waals surface area contributed by atoms with Gasteiger partial charge in [-0.25, -0.2) is 13.6 Å². The zero-order valence-electron chi connectivity index (χ0n) is 13.2. The minimum Gasteiger partial charge on any atom is -0.480 e.